The highest BCUT2D eigenvalue weighted by Crippen LogP contribution is 2.62. The van der Waals surface area contributed by atoms with Crippen molar-refractivity contribution in [3.63, 3.8) is 0 Å². The van der Waals surface area contributed by atoms with E-state index < -0.39 is 60.8 Å². The second-order valence-corrected chi connectivity index (χ2v) is 9.63. The highest BCUT2D eigenvalue weighted by molar-refractivity contribution is 7.58. The molecule has 0 aromatic carbocycles. The molecule has 1 aliphatic heterocycles. The summed E-state index contributed by atoms with van der Waals surface area (Å²) in [5.41, 5.74) is 0.777. The van der Waals surface area contributed by atoms with Crippen LogP contribution in [0, 0.1) is 5.41 Å². The largest absolute Gasteiger partial charge is 0.501 e. The van der Waals surface area contributed by atoms with Gasteiger partial charge >= 0.3 is 13.6 Å². The molecule has 0 amide bonds. The number of ether oxygens (including phenoxy) is 1. The van der Waals surface area contributed by atoms with E-state index in [2.05, 4.69) is 0 Å². The zero-order chi connectivity index (χ0) is 22.1. The summed E-state index contributed by atoms with van der Waals surface area (Å²) in [6, 6.07) is 0. The zero-order valence-electron chi connectivity index (χ0n) is 17.0. The van der Waals surface area contributed by atoms with E-state index in [1.807, 2.05) is 32.9 Å². The van der Waals surface area contributed by atoms with Gasteiger partial charge in [0.2, 0.25) is 5.76 Å². The number of ketones is 1. The van der Waals surface area contributed by atoms with Crippen LogP contribution in [0.2, 0.25) is 0 Å². The third-order valence-corrected chi connectivity index (χ3v) is 7.17. The molecule has 2 aliphatic rings. The molecule has 29 heavy (non-hydrogen) atoms. The fourth-order valence-electron chi connectivity index (χ4n) is 3.62. The highest BCUT2D eigenvalue weighted by Gasteiger charge is 2.52. The molecule has 4 atom stereocenters. The zero-order valence-corrected chi connectivity index (χ0v) is 17.9. The van der Waals surface area contributed by atoms with E-state index in [0.29, 0.717) is 5.57 Å². The molecule has 3 N–H and O–H groups in total. The number of hydrogen-bond donors (Lipinski definition) is 3. The fraction of sp³-hybridized carbons (Fsp3) is 0.579. The molecular formula is C19H27O9P. The van der Waals surface area contributed by atoms with Gasteiger partial charge in [-0.3, -0.25) is 13.9 Å². The van der Waals surface area contributed by atoms with Gasteiger partial charge in [-0.15, -0.1) is 0 Å². The predicted molar refractivity (Wildman–Crippen MR) is 103 cm³/mol. The minimum atomic E-state index is -4.44. The van der Waals surface area contributed by atoms with Gasteiger partial charge in [0, 0.05) is 7.11 Å². The number of cyclic esters (lactones) is 1. The van der Waals surface area contributed by atoms with E-state index in [-0.39, 0.29) is 6.42 Å². The van der Waals surface area contributed by atoms with E-state index in [0.717, 1.165) is 12.7 Å². The molecule has 0 fully saturated rings. The second kappa shape index (κ2) is 8.53. The summed E-state index contributed by atoms with van der Waals surface area (Å²) in [7, 11) is -3.41. The van der Waals surface area contributed by atoms with Crippen LogP contribution < -0.4 is 0 Å². The third kappa shape index (κ3) is 4.25. The standard InChI is InChI=1S/C19H27O9P/c1-6-7-11-10(2)14(22)13(8-19(11,3)4)28-29(25,26-5)17-15(23)18(24)27-16(17)12(21)9-20/h6-7,12-13,16,20-21,23H,8-9H2,1-5H3/b7-6-/t12-,13?,16+,29?/m0/s1. The summed E-state index contributed by atoms with van der Waals surface area (Å²) in [5, 5.41) is 28.6. The average molecular weight is 430 g/mol. The molecule has 0 saturated heterocycles. The number of aliphatic hydroxyl groups excluding tert-OH is 3. The molecule has 10 heteroatoms. The summed E-state index contributed by atoms with van der Waals surface area (Å²) in [5.74, 6) is -2.67. The average Bonchev–Trinajstić information content (AvgIpc) is 2.97. The van der Waals surface area contributed by atoms with Crippen LogP contribution in [0.1, 0.15) is 34.1 Å². The maximum atomic E-state index is 13.4. The molecule has 0 radical (unpaired) electrons. The fourth-order valence-corrected chi connectivity index (χ4v) is 5.41. The molecule has 0 aromatic heterocycles. The van der Waals surface area contributed by atoms with Crippen molar-refractivity contribution in [2.45, 2.75) is 52.4 Å². The van der Waals surface area contributed by atoms with E-state index in [4.69, 9.17) is 13.8 Å². The summed E-state index contributed by atoms with van der Waals surface area (Å²) >= 11 is 0. The van der Waals surface area contributed by atoms with Crippen molar-refractivity contribution in [2.24, 2.45) is 5.41 Å². The van der Waals surface area contributed by atoms with Crippen LogP contribution in [0.5, 0.6) is 0 Å². The maximum Gasteiger partial charge on any atom is 0.374 e. The smallest absolute Gasteiger partial charge is 0.374 e. The van der Waals surface area contributed by atoms with Gasteiger partial charge in [-0.1, -0.05) is 26.0 Å². The SMILES string of the molecule is C/C=C\C1=C(C)C(=O)C(OP(=O)(OC)C2=C(O)C(=O)O[C@@H]2[C@@H](O)CO)CC1(C)C. The first-order chi connectivity index (χ1) is 13.4. The van der Waals surface area contributed by atoms with E-state index >= 15 is 0 Å². The Morgan fingerprint density at radius 2 is 2.00 bits per heavy atom. The first-order valence-electron chi connectivity index (χ1n) is 9.09. The lowest BCUT2D eigenvalue weighted by Crippen LogP contribution is -2.38. The highest BCUT2D eigenvalue weighted by atomic mass is 31.2. The maximum absolute atomic E-state index is 13.4. The minimum absolute atomic E-state index is 0.173. The molecule has 0 saturated carbocycles. The van der Waals surface area contributed by atoms with Crippen molar-refractivity contribution in [3.05, 3.63) is 34.4 Å². The number of carbonyl (C=O) groups excluding carboxylic acids is 2. The lowest BCUT2D eigenvalue weighted by molar-refractivity contribution is -0.146. The van der Waals surface area contributed by atoms with Gasteiger partial charge in [0.25, 0.3) is 0 Å². The van der Waals surface area contributed by atoms with E-state index in [1.54, 1.807) is 6.92 Å². The van der Waals surface area contributed by atoms with Crippen molar-refractivity contribution < 1.29 is 43.3 Å². The number of Topliss-reactive ketones (excluding diaryl/α,β-unsaturated/α-hetero) is 1. The third-order valence-electron chi connectivity index (χ3n) is 5.10. The Hall–Kier alpha value is -1.77. The number of rotatable bonds is 7. The van der Waals surface area contributed by atoms with Gasteiger partial charge in [0.05, 0.1) is 6.61 Å². The number of allylic oxidation sites excluding steroid dienone is 3. The van der Waals surface area contributed by atoms with E-state index in [9.17, 15) is 29.5 Å². The van der Waals surface area contributed by atoms with Gasteiger partial charge in [0.15, 0.2) is 11.9 Å². The Bertz CT molecular complexity index is 837. The molecule has 1 heterocycles. The Labute approximate surface area is 169 Å². The number of carbonyl (C=O) groups is 2. The van der Waals surface area contributed by atoms with Crippen molar-refractivity contribution >= 4 is 19.3 Å². The number of aliphatic hydroxyl groups is 3. The Morgan fingerprint density at radius 1 is 1.38 bits per heavy atom. The van der Waals surface area contributed by atoms with Crippen LogP contribution in [-0.2, 0) is 27.9 Å². The lowest BCUT2D eigenvalue weighted by atomic mass is 9.71. The van der Waals surface area contributed by atoms with Crippen molar-refractivity contribution in [1.82, 2.24) is 0 Å². The molecule has 0 aromatic rings. The molecular weight excluding hydrogens is 403 g/mol. The summed E-state index contributed by atoms with van der Waals surface area (Å²) in [4.78, 5) is 24.6. The number of hydrogen-bond acceptors (Lipinski definition) is 9. The van der Waals surface area contributed by atoms with Crippen molar-refractivity contribution in [1.29, 1.82) is 0 Å². The summed E-state index contributed by atoms with van der Waals surface area (Å²) in [6.45, 7) is 6.46. The van der Waals surface area contributed by atoms with Crippen LogP contribution in [-0.4, -0.2) is 59.1 Å². The Kier molecular flexibility index (Phi) is 6.92. The van der Waals surface area contributed by atoms with Gasteiger partial charge < -0.3 is 24.6 Å². The molecule has 162 valence electrons. The van der Waals surface area contributed by atoms with Gasteiger partial charge in [-0.2, -0.15) is 0 Å². The molecule has 0 bridgehead atoms. The minimum Gasteiger partial charge on any atom is -0.501 e. The van der Waals surface area contributed by atoms with Crippen molar-refractivity contribution in [2.75, 3.05) is 13.7 Å². The van der Waals surface area contributed by atoms with Gasteiger partial charge in [-0.25, -0.2) is 4.79 Å². The number of esters is 1. The van der Waals surface area contributed by atoms with E-state index in [1.165, 1.54) is 0 Å². The van der Waals surface area contributed by atoms with Crippen LogP contribution in [0.15, 0.2) is 34.4 Å². The lowest BCUT2D eigenvalue weighted by Gasteiger charge is -2.37. The second-order valence-electron chi connectivity index (χ2n) is 7.57. The summed E-state index contributed by atoms with van der Waals surface area (Å²) < 4.78 is 28.8. The van der Waals surface area contributed by atoms with Crippen molar-refractivity contribution in [3.8, 4) is 0 Å². The summed E-state index contributed by atoms with van der Waals surface area (Å²) in [6.07, 6.45) is -0.628. The van der Waals surface area contributed by atoms with Crippen LogP contribution in [0.3, 0.4) is 0 Å². The van der Waals surface area contributed by atoms with Crippen LogP contribution in [0.25, 0.3) is 0 Å². The van der Waals surface area contributed by atoms with Crippen LogP contribution in [0.4, 0.5) is 0 Å². The first-order valence-corrected chi connectivity index (χ1v) is 10.6. The van der Waals surface area contributed by atoms with Crippen LogP contribution >= 0.6 is 7.60 Å². The first kappa shape index (κ1) is 23.5. The molecule has 1 aliphatic carbocycles. The predicted octanol–water partition coefficient (Wildman–Crippen LogP) is 2.15. The quantitative estimate of drug-likeness (QED) is 0.409. The molecule has 2 unspecified atom stereocenters. The molecule has 2 rings (SSSR count). The Morgan fingerprint density at radius 3 is 2.52 bits per heavy atom. The Balaban J connectivity index is 2.47. The monoisotopic (exact) mass is 430 g/mol. The van der Waals surface area contributed by atoms with Gasteiger partial charge in [0.1, 0.15) is 17.5 Å². The normalized spacial score (nSPS) is 28.1. The topological polar surface area (TPSA) is 140 Å². The molecule has 9 nitrogen and oxygen atoms in total. The molecule has 0 spiro atoms. The van der Waals surface area contributed by atoms with Gasteiger partial charge in [-0.05, 0) is 36.8 Å².